The van der Waals surface area contributed by atoms with Crippen LogP contribution < -0.4 is 20.2 Å². The Morgan fingerprint density at radius 2 is 1.86 bits per heavy atom. The molecule has 0 aromatic heterocycles. The zero-order valence-electron chi connectivity index (χ0n) is 16.5. The Bertz CT molecular complexity index is 850. The number of ether oxygens (including phenoxy) is 2. The molecule has 0 aliphatic rings. The fourth-order valence-corrected chi connectivity index (χ4v) is 2.29. The molecule has 0 unspecified atom stereocenters. The number of benzene rings is 2. The fraction of sp³-hybridized carbons (Fsp3) is 0.286. The first kappa shape index (κ1) is 21.7. The van der Waals surface area contributed by atoms with E-state index in [0.717, 1.165) is 6.42 Å². The Morgan fingerprint density at radius 3 is 2.55 bits per heavy atom. The molecule has 0 fully saturated rings. The van der Waals surface area contributed by atoms with Crippen LogP contribution in [0.25, 0.3) is 0 Å². The molecule has 2 rings (SSSR count). The van der Waals surface area contributed by atoms with Crippen molar-refractivity contribution in [2.75, 3.05) is 19.8 Å². The van der Waals surface area contributed by atoms with Crippen molar-refractivity contribution in [1.29, 1.82) is 0 Å². The molecule has 3 N–H and O–H groups in total. The van der Waals surface area contributed by atoms with Gasteiger partial charge in [-0.3, -0.25) is 9.59 Å². The van der Waals surface area contributed by atoms with Crippen LogP contribution in [0.4, 0.5) is 0 Å². The maximum Gasteiger partial charge on any atom is 0.259 e. The van der Waals surface area contributed by atoms with Gasteiger partial charge in [0.2, 0.25) is 0 Å². The monoisotopic (exact) mass is 399 g/mol. The predicted octanol–water partition coefficient (Wildman–Crippen LogP) is 2.46. The summed E-state index contributed by atoms with van der Waals surface area (Å²) in [6.07, 6.45) is 2.32. The van der Waals surface area contributed by atoms with Crippen molar-refractivity contribution >= 4 is 18.0 Å². The Balaban J connectivity index is 1.80. The van der Waals surface area contributed by atoms with Crippen LogP contribution in [-0.2, 0) is 4.79 Å². The minimum atomic E-state index is -0.471. The Labute approximate surface area is 169 Å². The molecule has 0 saturated carbocycles. The van der Waals surface area contributed by atoms with Crippen molar-refractivity contribution in [2.24, 2.45) is 5.10 Å². The summed E-state index contributed by atoms with van der Waals surface area (Å²) < 4.78 is 10.7. The van der Waals surface area contributed by atoms with Crippen LogP contribution in [0, 0.1) is 0 Å². The highest BCUT2D eigenvalue weighted by Crippen LogP contribution is 2.26. The van der Waals surface area contributed by atoms with E-state index >= 15 is 0 Å². The Morgan fingerprint density at radius 1 is 1.10 bits per heavy atom. The summed E-state index contributed by atoms with van der Waals surface area (Å²) in [6, 6.07) is 11.4. The molecule has 0 atom stereocenters. The minimum Gasteiger partial charge on any atom is -0.504 e. The van der Waals surface area contributed by atoms with Gasteiger partial charge in [-0.05, 0) is 61.4 Å². The number of hydrogen-bond donors (Lipinski definition) is 3. The molecule has 0 radical (unpaired) electrons. The van der Waals surface area contributed by atoms with Crippen molar-refractivity contribution in [3.05, 3.63) is 53.6 Å². The number of carbonyl (C=O) groups is 2. The second-order valence-electron chi connectivity index (χ2n) is 6.01. The molecule has 154 valence electrons. The van der Waals surface area contributed by atoms with Crippen LogP contribution in [0.2, 0.25) is 0 Å². The van der Waals surface area contributed by atoms with Gasteiger partial charge < -0.3 is 19.9 Å². The number of nitrogens with one attached hydrogen (secondary N) is 2. The molecule has 0 spiro atoms. The standard InChI is InChI=1S/C21H25N3O5/c1-3-11-29-17-8-6-16(7-9-17)21(27)22-14-20(26)24-23-13-15-5-10-18(25)19(12-15)28-4-2/h5-10,12-13,25H,3-4,11,14H2,1-2H3,(H,22,27)(H,24,26)/b23-13+. The van der Waals surface area contributed by atoms with Crippen molar-refractivity contribution in [2.45, 2.75) is 20.3 Å². The third-order valence-electron chi connectivity index (χ3n) is 3.69. The second-order valence-corrected chi connectivity index (χ2v) is 6.01. The lowest BCUT2D eigenvalue weighted by atomic mass is 10.2. The normalized spacial score (nSPS) is 10.6. The van der Waals surface area contributed by atoms with Crippen LogP contribution in [0.3, 0.4) is 0 Å². The summed E-state index contributed by atoms with van der Waals surface area (Å²) in [5, 5.41) is 16.0. The van der Waals surface area contributed by atoms with E-state index < -0.39 is 5.91 Å². The van der Waals surface area contributed by atoms with E-state index in [1.165, 1.54) is 12.3 Å². The first-order valence-electron chi connectivity index (χ1n) is 9.32. The number of aromatic hydroxyl groups is 1. The molecule has 0 bridgehead atoms. The summed E-state index contributed by atoms with van der Waals surface area (Å²) in [5.74, 6) is 0.214. The van der Waals surface area contributed by atoms with E-state index in [2.05, 4.69) is 15.8 Å². The molecule has 8 heteroatoms. The van der Waals surface area contributed by atoms with Gasteiger partial charge in [0.15, 0.2) is 11.5 Å². The van der Waals surface area contributed by atoms with Gasteiger partial charge in [0.05, 0.1) is 26.0 Å². The van der Waals surface area contributed by atoms with Crippen molar-refractivity contribution in [3.8, 4) is 17.2 Å². The molecule has 0 heterocycles. The highest BCUT2D eigenvalue weighted by Gasteiger charge is 2.08. The number of nitrogens with zero attached hydrogens (tertiary/aromatic N) is 1. The van der Waals surface area contributed by atoms with Crippen LogP contribution in [-0.4, -0.2) is 42.9 Å². The molecule has 2 aromatic carbocycles. The molecule has 0 saturated heterocycles. The van der Waals surface area contributed by atoms with E-state index in [1.54, 1.807) is 36.4 Å². The van der Waals surface area contributed by atoms with Gasteiger partial charge in [0.1, 0.15) is 5.75 Å². The fourth-order valence-electron chi connectivity index (χ4n) is 2.29. The quantitative estimate of drug-likeness (QED) is 0.420. The number of carbonyl (C=O) groups excluding carboxylic acids is 2. The number of phenols is 1. The van der Waals surface area contributed by atoms with Gasteiger partial charge in [0, 0.05) is 5.56 Å². The highest BCUT2D eigenvalue weighted by molar-refractivity contribution is 5.96. The minimum absolute atomic E-state index is 0.0284. The first-order valence-corrected chi connectivity index (χ1v) is 9.32. The van der Waals surface area contributed by atoms with Crippen LogP contribution in [0.1, 0.15) is 36.2 Å². The van der Waals surface area contributed by atoms with Gasteiger partial charge in [-0.1, -0.05) is 6.92 Å². The zero-order valence-corrected chi connectivity index (χ0v) is 16.5. The van der Waals surface area contributed by atoms with Crippen molar-refractivity contribution < 1.29 is 24.2 Å². The van der Waals surface area contributed by atoms with Crippen molar-refractivity contribution in [3.63, 3.8) is 0 Å². The molecule has 8 nitrogen and oxygen atoms in total. The van der Waals surface area contributed by atoms with E-state index in [9.17, 15) is 14.7 Å². The summed E-state index contributed by atoms with van der Waals surface area (Å²) in [5.41, 5.74) is 3.40. The smallest absolute Gasteiger partial charge is 0.259 e. The van der Waals surface area contributed by atoms with E-state index in [-0.39, 0.29) is 18.2 Å². The van der Waals surface area contributed by atoms with Crippen molar-refractivity contribution in [1.82, 2.24) is 10.7 Å². The summed E-state index contributed by atoms with van der Waals surface area (Å²) in [4.78, 5) is 23.9. The molecule has 0 aliphatic heterocycles. The van der Waals surface area contributed by atoms with E-state index in [4.69, 9.17) is 9.47 Å². The van der Waals surface area contributed by atoms with E-state index in [1.807, 2.05) is 13.8 Å². The average Bonchev–Trinajstić information content (AvgIpc) is 2.73. The predicted molar refractivity (Wildman–Crippen MR) is 110 cm³/mol. The molecule has 0 aliphatic carbocycles. The van der Waals surface area contributed by atoms with Crippen LogP contribution in [0.5, 0.6) is 17.2 Å². The SMILES string of the molecule is CCCOc1ccc(C(=O)NCC(=O)N/N=C/c2ccc(O)c(OCC)c2)cc1. The van der Waals surface area contributed by atoms with Gasteiger partial charge in [-0.25, -0.2) is 5.43 Å². The van der Waals surface area contributed by atoms with Gasteiger partial charge in [0.25, 0.3) is 11.8 Å². The second kappa shape index (κ2) is 11.3. The lowest BCUT2D eigenvalue weighted by Gasteiger charge is -2.07. The highest BCUT2D eigenvalue weighted by atomic mass is 16.5. The molecule has 2 amide bonds. The molecule has 2 aromatic rings. The maximum absolute atomic E-state index is 12.1. The summed E-state index contributed by atoms with van der Waals surface area (Å²) in [7, 11) is 0. The first-order chi connectivity index (χ1) is 14.0. The largest absolute Gasteiger partial charge is 0.504 e. The lowest BCUT2D eigenvalue weighted by molar-refractivity contribution is -0.120. The van der Waals surface area contributed by atoms with Gasteiger partial charge in [-0.2, -0.15) is 5.10 Å². The topological polar surface area (TPSA) is 109 Å². The summed E-state index contributed by atoms with van der Waals surface area (Å²) in [6.45, 7) is 4.63. The number of phenolic OH excluding ortho intramolecular Hbond substituents is 1. The zero-order chi connectivity index (χ0) is 21.1. The maximum atomic E-state index is 12.1. The van der Waals surface area contributed by atoms with E-state index in [0.29, 0.717) is 35.8 Å². The number of hydrazone groups is 1. The lowest BCUT2D eigenvalue weighted by Crippen LogP contribution is -2.34. The number of rotatable bonds is 10. The Hall–Kier alpha value is -3.55. The average molecular weight is 399 g/mol. The van der Waals surface area contributed by atoms with Gasteiger partial charge in [-0.15, -0.1) is 0 Å². The molecule has 29 heavy (non-hydrogen) atoms. The molecular formula is C21H25N3O5. The van der Waals surface area contributed by atoms with Crippen LogP contribution >= 0.6 is 0 Å². The van der Waals surface area contributed by atoms with Gasteiger partial charge >= 0.3 is 0 Å². The summed E-state index contributed by atoms with van der Waals surface area (Å²) >= 11 is 0. The number of hydrogen-bond acceptors (Lipinski definition) is 6. The van der Waals surface area contributed by atoms with Crippen LogP contribution in [0.15, 0.2) is 47.6 Å². The third kappa shape index (κ3) is 7.17. The Kier molecular flexibility index (Phi) is 8.50. The molecular weight excluding hydrogens is 374 g/mol. The number of amides is 2. The third-order valence-corrected chi connectivity index (χ3v) is 3.69.